The number of ether oxygens (including phenoxy) is 2. The van der Waals surface area contributed by atoms with Crippen LogP contribution in [0.4, 0.5) is 0 Å². The number of ketones is 1. The highest BCUT2D eigenvalue weighted by Crippen LogP contribution is 2.42. The molecule has 208 valence electrons. The maximum absolute atomic E-state index is 13.4. The van der Waals surface area contributed by atoms with Gasteiger partial charge in [-0.3, -0.25) is 14.6 Å². The van der Waals surface area contributed by atoms with Gasteiger partial charge < -0.3 is 24.6 Å². The lowest BCUT2D eigenvalue weighted by Gasteiger charge is -2.26. The smallest absolute Gasteiger partial charge is 0.295 e. The molecule has 8 heteroatoms. The number of phenolic OH excluding ortho intramolecular Hbond substituents is 1. The van der Waals surface area contributed by atoms with E-state index in [1.54, 1.807) is 67.8 Å². The molecular formula is C33H30N2O6. The van der Waals surface area contributed by atoms with Gasteiger partial charge in [-0.05, 0) is 79.1 Å². The number of benzene rings is 3. The Hall–Kier alpha value is -5.11. The molecule has 2 heterocycles. The molecule has 0 aliphatic carbocycles. The summed E-state index contributed by atoms with van der Waals surface area (Å²) < 4.78 is 11.5. The average molecular weight is 551 g/mol. The van der Waals surface area contributed by atoms with Crippen molar-refractivity contribution in [3.8, 4) is 17.2 Å². The van der Waals surface area contributed by atoms with E-state index in [4.69, 9.17) is 9.47 Å². The van der Waals surface area contributed by atoms with Crippen molar-refractivity contribution < 1.29 is 29.3 Å². The molecule has 1 aliphatic heterocycles. The summed E-state index contributed by atoms with van der Waals surface area (Å²) in [5.74, 6) is -1.10. The van der Waals surface area contributed by atoms with Gasteiger partial charge in [-0.15, -0.1) is 0 Å². The second kappa shape index (κ2) is 12.0. The Bertz CT molecular complexity index is 1600. The molecule has 41 heavy (non-hydrogen) atoms. The number of carbonyl (C=O) groups is 2. The zero-order valence-corrected chi connectivity index (χ0v) is 22.8. The number of Topliss-reactive ketones (excluding diaryl/α,β-unsaturated/α-hetero) is 1. The number of carbonyl (C=O) groups excluding carboxylic acids is 2. The van der Waals surface area contributed by atoms with E-state index in [9.17, 15) is 19.8 Å². The number of rotatable bonds is 9. The van der Waals surface area contributed by atoms with Gasteiger partial charge in [0, 0.05) is 24.5 Å². The number of aryl methyl sites for hydroxylation is 1. The van der Waals surface area contributed by atoms with Gasteiger partial charge in [-0.2, -0.15) is 0 Å². The Labute approximate surface area is 238 Å². The lowest BCUT2D eigenvalue weighted by Crippen LogP contribution is -2.29. The molecule has 1 aliphatic rings. The van der Waals surface area contributed by atoms with Gasteiger partial charge in [0.2, 0.25) is 0 Å². The number of pyridine rings is 1. The normalized spacial score (nSPS) is 16.1. The lowest BCUT2D eigenvalue weighted by molar-refractivity contribution is -0.140. The fourth-order valence-corrected chi connectivity index (χ4v) is 4.88. The molecule has 0 bridgehead atoms. The fraction of sp³-hybridized carbons (Fsp3) is 0.182. The molecule has 1 atom stereocenters. The highest BCUT2D eigenvalue weighted by molar-refractivity contribution is 6.46. The molecule has 8 nitrogen and oxygen atoms in total. The summed E-state index contributed by atoms with van der Waals surface area (Å²) in [6.45, 7) is 4.62. The number of aliphatic hydroxyl groups excluding tert-OH is 1. The van der Waals surface area contributed by atoms with Crippen LogP contribution in [-0.2, 0) is 22.7 Å². The SMILES string of the molecule is CCOc1cc([C@@H]2/C(=C(\O)c3ccc(OCc4cccc(C)c4)cc3)C(=O)C(=O)N2Cc2ccncc2)ccc1O. The highest BCUT2D eigenvalue weighted by Gasteiger charge is 2.46. The van der Waals surface area contributed by atoms with Crippen LogP contribution in [0.3, 0.4) is 0 Å². The summed E-state index contributed by atoms with van der Waals surface area (Å²) >= 11 is 0. The van der Waals surface area contributed by atoms with Crippen LogP contribution >= 0.6 is 0 Å². The molecule has 2 N–H and O–H groups in total. The van der Waals surface area contributed by atoms with Crippen molar-refractivity contribution in [3.63, 3.8) is 0 Å². The van der Waals surface area contributed by atoms with Gasteiger partial charge >= 0.3 is 0 Å². The first-order valence-electron chi connectivity index (χ1n) is 13.3. The van der Waals surface area contributed by atoms with E-state index in [2.05, 4.69) is 4.98 Å². The third kappa shape index (κ3) is 5.91. The van der Waals surface area contributed by atoms with E-state index < -0.39 is 17.7 Å². The number of hydrogen-bond donors (Lipinski definition) is 2. The van der Waals surface area contributed by atoms with Gasteiger partial charge in [0.1, 0.15) is 18.1 Å². The summed E-state index contributed by atoms with van der Waals surface area (Å²) in [4.78, 5) is 32.2. The monoisotopic (exact) mass is 550 g/mol. The largest absolute Gasteiger partial charge is 0.507 e. The number of likely N-dealkylation sites (tertiary alicyclic amines) is 1. The number of nitrogens with zero attached hydrogens (tertiary/aromatic N) is 2. The molecule has 1 amide bonds. The Morgan fingerprint density at radius 3 is 2.39 bits per heavy atom. The Balaban J connectivity index is 1.50. The molecule has 4 aromatic rings. The van der Waals surface area contributed by atoms with Crippen LogP contribution in [0.1, 0.15) is 40.8 Å². The number of aromatic nitrogens is 1. The minimum atomic E-state index is -0.916. The fourth-order valence-electron chi connectivity index (χ4n) is 4.88. The second-order valence-electron chi connectivity index (χ2n) is 9.74. The first-order valence-corrected chi connectivity index (χ1v) is 13.3. The van der Waals surface area contributed by atoms with Crippen LogP contribution in [0.15, 0.2) is 96.8 Å². The summed E-state index contributed by atoms with van der Waals surface area (Å²) in [5.41, 5.74) is 3.77. The maximum atomic E-state index is 13.4. The third-order valence-electron chi connectivity index (χ3n) is 6.86. The van der Waals surface area contributed by atoms with E-state index in [1.807, 2.05) is 31.2 Å². The molecular weight excluding hydrogens is 520 g/mol. The summed E-state index contributed by atoms with van der Waals surface area (Å²) in [7, 11) is 0. The topological polar surface area (TPSA) is 109 Å². The van der Waals surface area contributed by atoms with Crippen LogP contribution in [0.5, 0.6) is 17.2 Å². The molecule has 1 fully saturated rings. The molecule has 1 aromatic heterocycles. The van der Waals surface area contributed by atoms with Crippen molar-refractivity contribution in [3.05, 3.63) is 125 Å². The Morgan fingerprint density at radius 2 is 1.68 bits per heavy atom. The van der Waals surface area contributed by atoms with Crippen molar-refractivity contribution in [2.24, 2.45) is 0 Å². The van der Waals surface area contributed by atoms with Crippen molar-refractivity contribution >= 4 is 17.4 Å². The van der Waals surface area contributed by atoms with Crippen molar-refractivity contribution in [2.75, 3.05) is 6.61 Å². The van der Waals surface area contributed by atoms with E-state index in [-0.39, 0.29) is 29.4 Å². The zero-order valence-electron chi connectivity index (χ0n) is 22.8. The number of hydrogen-bond acceptors (Lipinski definition) is 7. The van der Waals surface area contributed by atoms with Crippen LogP contribution in [-0.4, -0.2) is 38.4 Å². The lowest BCUT2D eigenvalue weighted by atomic mass is 9.94. The van der Waals surface area contributed by atoms with Gasteiger partial charge in [0.05, 0.1) is 18.2 Å². The Kier molecular flexibility index (Phi) is 8.01. The zero-order chi connectivity index (χ0) is 28.9. The third-order valence-corrected chi connectivity index (χ3v) is 6.86. The first-order chi connectivity index (χ1) is 19.9. The molecule has 0 unspecified atom stereocenters. The van der Waals surface area contributed by atoms with Crippen molar-refractivity contribution in [1.82, 2.24) is 9.88 Å². The molecule has 0 saturated carbocycles. The van der Waals surface area contributed by atoms with E-state index >= 15 is 0 Å². The van der Waals surface area contributed by atoms with Crippen molar-refractivity contribution in [2.45, 2.75) is 33.0 Å². The second-order valence-corrected chi connectivity index (χ2v) is 9.74. The summed E-state index contributed by atoms with van der Waals surface area (Å²) in [6.07, 6.45) is 3.22. The van der Waals surface area contributed by atoms with Crippen LogP contribution in [0.2, 0.25) is 0 Å². The van der Waals surface area contributed by atoms with Crippen molar-refractivity contribution in [1.29, 1.82) is 0 Å². The number of phenols is 1. The van der Waals surface area contributed by atoms with Gasteiger partial charge in [-0.25, -0.2) is 0 Å². The van der Waals surface area contributed by atoms with Crippen LogP contribution in [0, 0.1) is 6.92 Å². The molecule has 5 rings (SSSR count). The van der Waals surface area contributed by atoms with Gasteiger partial charge in [0.25, 0.3) is 11.7 Å². The Morgan fingerprint density at radius 1 is 0.927 bits per heavy atom. The predicted molar refractivity (Wildman–Crippen MR) is 153 cm³/mol. The highest BCUT2D eigenvalue weighted by atomic mass is 16.5. The van der Waals surface area contributed by atoms with Gasteiger partial charge in [-0.1, -0.05) is 35.9 Å². The van der Waals surface area contributed by atoms with Crippen LogP contribution < -0.4 is 9.47 Å². The summed E-state index contributed by atoms with van der Waals surface area (Å²) in [6, 6.07) is 22.0. The van der Waals surface area contributed by atoms with Crippen LogP contribution in [0.25, 0.3) is 5.76 Å². The standard InChI is InChI=1S/C33H30N2O6/c1-3-40-28-18-25(9-12-27(28)36)30-29(32(38)33(39)35(30)19-22-13-15-34-16-14-22)31(37)24-7-10-26(11-8-24)41-20-23-6-4-5-21(2)17-23/h4-18,30,36-37H,3,19-20H2,1-2H3/b31-29+/t30-/m1/s1. The predicted octanol–water partition coefficient (Wildman–Crippen LogP) is 5.70. The number of amides is 1. The minimum Gasteiger partial charge on any atom is -0.507 e. The van der Waals surface area contributed by atoms with E-state index in [0.717, 1.165) is 16.7 Å². The first kappa shape index (κ1) is 27.5. The summed E-state index contributed by atoms with van der Waals surface area (Å²) in [5, 5.41) is 21.7. The average Bonchev–Trinajstić information content (AvgIpc) is 3.23. The number of aliphatic hydroxyl groups is 1. The molecule has 3 aromatic carbocycles. The van der Waals surface area contributed by atoms with E-state index in [1.165, 1.54) is 11.0 Å². The minimum absolute atomic E-state index is 0.0503. The number of aromatic hydroxyl groups is 1. The molecule has 0 spiro atoms. The molecule has 0 radical (unpaired) electrons. The van der Waals surface area contributed by atoms with E-state index in [0.29, 0.717) is 30.1 Å². The maximum Gasteiger partial charge on any atom is 0.295 e. The van der Waals surface area contributed by atoms with Gasteiger partial charge in [0.15, 0.2) is 11.5 Å². The molecule has 1 saturated heterocycles. The quantitative estimate of drug-likeness (QED) is 0.156.